The number of nitrogens with zero attached hydrogens (tertiary/aromatic N) is 1. The van der Waals surface area contributed by atoms with Gasteiger partial charge >= 0.3 is 0 Å². The lowest BCUT2D eigenvalue weighted by Gasteiger charge is -2.29. The molecule has 1 aliphatic rings. The van der Waals surface area contributed by atoms with E-state index < -0.39 is 15.9 Å². The minimum atomic E-state index is -3.32. The molecule has 6 nitrogen and oxygen atoms in total. The van der Waals surface area contributed by atoms with Gasteiger partial charge in [-0.15, -0.1) is 0 Å². The van der Waals surface area contributed by atoms with Crippen molar-refractivity contribution in [3.63, 3.8) is 0 Å². The molecule has 2 aromatic rings. The number of sulfone groups is 1. The van der Waals surface area contributed by atoms with Crippen molar-refractivity contribution in [2.75, 3.05) is 24.9 Å². The summed E-state index contributed by atoms with van der Waals surface area (Å²) >= 11 is 0. The maximum absolute atomic E-state index is 13.1. The molecule has 28 heavy (non-hydrogen) atoms. The quantitative estimate of drug-likeness (QED) is 0.713. The predicted molar refractivity (Wildman–Crippen MR) is 109 cm³/mol. The fraction of sp³-hybridized carbons (Fsp3) is 0.286. The average molecular weight is 401 g/mol. The molecule has 0 unspecified atom stereocenters. The van der Waals surface area contributed by atoms with Gasteiger partial charge in [-0.1, -0.05) is 30.3 Å². The predicted octanol–water partition coefficient (Wildman–Crippen LogP) is 2.98. The van der Waals surface area contributed by atoms with Crippen molar-refractivity contribution in [2.45, 2.75) is 18.9 Å². The van der Waals surface area contributed by atoms with Gasteiger partial charge in [-0.25, -0.2) is 8.42 Å². The molecule has 1 aliphatic heterocycles. The lowest BCUT2D eigenvalue weighted by Crippen LogP contribution is -2.41. The van der Waals surface area contributed by atoms with Gasteiger partial charge in [-0.3, -0.25) is 4.79 Å². The summed E-state index contributed by atoms with van der Waals surface area (Å²) in [6.45, 7) is 0. The lowest BCUT2D eigenvalue weighted by molar-refractivity contribution is -0.118. The Morgan fingerprint density at radius 3 is 2.46 bits per heavy atom. The second-order valence-electron chi connectivity index (χ2n) is 6.51. The third-order valence-electron chi connectivity index (χ3n) is 4.63. The molecule has 2 aromatic carbocycles. The van der Waals surface area contributed by atoms with Crippen LogP contribution in [-0.2, 0) is 21.1 Å². The van der Waals surface area contributed by atoms with Crippen LogP contribution in [0, 0.1) is 0 Å². The number of amides is 1. The van der Waals surface area contributed by atoms with E-state index in [4.69, 9.17) is 9.47 Å². The van der Waals surface area contributed by atoms with Crippen molar-refractivity contribution in [3.8, 4) is 11.5 Å². The van der Waals surface area contributed by atoms with Crippen molar-refractivity contribution >= 4 is 21.4 Å². The van der Waals surface area contributed by atoms with E-state index in [1.54, 1.807) is 31.4 Å². The largest absolute Gasteiger partial charge is 0.497 e. The fourth-order valence-corrected chi connectivity index (χ4v) is 4.49. The van der Waals surface area contributed by atoms with E-state index in [9.17, 15) is 13.2 Å². The van der Waals surface area contributed by atoms with E-state index in [1.165, 1.54) is 17.4 Å². The van der Waals surface area contributed by atoms with Gasteiger partial charge in [0, 0.05) is 17.9 Å². The molecule has 0 aliphatic carbocycles. The van der Waals surface area contributed by atoms with Gasteiger partial charge in [0.15, 0.2) is 9.84 Å². The van der Waals surface area contributed by atoms with Gasteiger partial charge in [0.2, 0.25) is 5.91 Å². The third-order valence-corrected chi connectivity index (χ3v) is 6.01. The van der Waals surface area contributed by atoms with Gasteiger partial charge in [0.1, 0.15) is 11.5 Å². The smallest absolute Gasteiger partial charge is 0.228 e. The molecule has 0 radical (unpaired) electrons. The van der Waals surface area contributed by atoms with Crippen molar-refractivity contribution in [1.29, 1.82) is 0 Å². The first-order valence-electron chi connectivity index (χ1n) is 8.92. The van der Waals surface area contributed by atoms with E-state index in [1.807, 2.05) is 30.3 Å². The summed E-state index contributed by atoms with van der Waals surface area (Å²) in [6.07, 6.45) is 2.38. The summed E-state index contributed by atoms with van der Waals surface area (Å²) in [5.41, 5.74) is 1.57. The van der Waals surface area contributed by atoms with Crippen LogP contribution in [0.25, 0.3) is 0 Å². The van der Waals surface area contributed by atoms with Crippen LogP contribution >= 0.6 is 0 Å². The second-order valence-corrected chi connectivity index (χ2v) is 8.44. The van der Waals surface area contributed by atoms with Crippen LogP contribution in [-0.4, -0.2) is 40.3 Å². The molecule has 1 atom stereocenters. The van der Waals surface area contributed by atoms with Gasteiger partial charge in [-0.2, -0.15) is 0 Å². The summed E-state index contributed by atoms with van der Waals surface area (Å²) in [5, 5.41) is 1.17. The molecule has 7 heteroatoms. The molecule has 3 rings (SSSR count). The molecule has 148 valence electrons. The van der Waals surface area contributed by atoms with Crippen LogP contribution in [0.15, 0.2) is 60.0 Å². The Balaban J connectivity index is 1.91. The highest BCUT2D eigenvalue weighted by molar-refractivity contribution is 7.94. The first-order valence-corrected chi connectivity index (χ1v) is 10.6. The number of ether oxygens (including phenoxy) is 2. The van der Waals surface area contributed by atoms with Gasteiger partial charge in [0.25, 0.3) is 0 Å². The number of aryl methyl sites for hydroxylation is 1. The molecule has 1 heterocycles. The zero-order chi connectivity index (χ0) is 20.1. The van der Waals surface area contributed by atoms with Crippen LogP contribution in [0.1, 0.15) is 12.0 Å². The van der Waals surface area contributed by atoms with E-state index in [0.29, 0.717) is 23.6 Å². The van der Waals surface area contributed by atoms with Crippen LogP contribution in [0.4, 0.5) is 5.69 Å². The van der Waals surface area contributed by atoms with Crippen molar-refractivity contribution < 1.29 is 22.7 Å². The molecule has 0 aromatic heterocycles. The highest BCUT2D eigenvalue weighted by Gasteiger charge is 2.32. The molecular weight excluding hydrogens is 378 g/mol. The monoisotopic (exact) mass is 401 g/mol. The number of anilines is 1. The Morgan fingerprint density at radius 2 is 1.86 bits per heavy atom. The van der Waals surface area contributed by atoms with E-state index in [-0.39, 0.29) is 18.1 Å². The average Bonchev–Trinajstić information content (AvgIpc) is 3.06. The molecule has 0 saturated carbocycles. The molecule has 0 fully saturated rings. The number of benzene rings is 2. The Morgan fingerprint density at radius 1 is 1.11 bits per heavy atom. The molecule has 0 bridgehead atoms. The number of rotatable bonds is 7. The Bertz CT molecular complexity index is 970. The molecule has 1 amide bonds. The highest BCUT2D eigenvalue weighted by atomic mass is 32.2. The minimum absolute atomic E-state index is 0.140. The van der Waals surface area contributed by atoms with Gasteiger partial charge in [0.05, 0.1) is 31.7 Å². The number of carbonyl (C=O) groups excluding carboxylic acids is 1. The maximum atomic E-state index is 13.1. The Kier molecular flexibility index (Phi) is 6.04. The van der Waals surface area contributed by atoms with Crippen molar-refractivity contribution in [2.24, 2.45) is 0 Å². The van der Waals surface area contributed by atoms with Crippen LogP contribution in [0.3, 0.4) is 0 Å². The van der Waals surface area contributed by atoms with E-state index >= 15 is 0 Å². The summed E-state index contributed by atoms with van der Waals surface area (Å²) < 4.78 is 34.6. The molecule has 0 spiro atoms. The molecule has 0 saturated heterocycles. The number of hydrogen-bond donors (Lipinski definition) is 0. The fourth-order valence-electron chi connectivity index (χ4n) is 3.22. The van der Waals surface area contributed by atoms with Crippen molar-refractivity contribution in [1.82, 2.24) is 0 Å². The Labute approximate surface area is 165 Å². The summed E-state index contributed by atoms with van der Waals surface area (Å²) in [7, 11) is -0.270. The first kappa shape index (κ1) is 19.9. The van der Waals surface area contributed by atoms with Crippen LogP contribution in [0.5, 0.6) is 11.5 Å². The van der Waals surface area contributed by atoms with Crippen molar-refractivity contribution in [3.05, 3.63) is 65.6 Å². The third kappa shape index (κ3) is 4.54. The highest BCUT2D eigenvalue weighted by Crippen LogP contribution is 2.35. The number of carbonyl (C=O) groups is 1. The molecular formula is C21H23NO5S. The van der Waals surface area contributed by atoms with Crippen LogP contribution < -0.4 is 14.4 Å². The number of hydrogen-bond acceptors (Lipinski definition) is 5. The lowest BCUT2D eigenvalue weighted by atomic mass is 10.1. The summed E-state index contributed by atoms with van der Waals surface area (Å²) in [6, 6.07) is 14.3. The maximum Gasteiger partial charge on any atom is 0.228 e. The second kappa shape index (κ2) is 8.48. The topological polar surface area (TPSA) is 72.9 Å². The molecule has 0 N–H and O–H groups in total. The summed E-state index contributed by atoms with van der Waals surface area (Å²) in [5.74, 6) is 0.732. The van der Waals surface area contributed by atoms with Crippen LogP contribution in [0.2, 0.25) is 0 Å². The van der Waals surface area contributed by atoms with E-state index in [2.05, 4.69) is 0 Å². The minimum Gasteiger partial charge on any atom is -0.497 e. The Hall–Kier alpha value is -2.80. The van der Waals surface area contributed by atoms with E-state index in [0.717, 1.165) is 5.56 Å². The standard InChI is InChI=1S/C21H23NO5S/c1-26-18-9-10-19(20(14-18)27-2)22(17-12-13-28(24,25)15-17)21(23)11-8-16-6-4-3-5-7-16/h3-7,9-10,12-14,17H,8,11,15H2,1-2H3/t17-/m1/s1. The summed E-state index contributed by atoms with van der Waals surface area (Å²) in [4.78, 5) is 14.7. The zero-order valence-corrected chi connectivity index (χ0v) is 16.7. The van der Waals surface area contributed by atoms with Gasteiger partial charge < -0.3 is 14.4 Å². The first-order chi connectivity index (χ1) is 13.4. The van der Waals surface area contributed by atoms with Gasteiger partial charge in [-0.05, 0) is 30.2 Å². The normalized spacial score (nSPS) is 17.3. The SMILES string of the molecule is COc1ccc(N(C(=O)CCc2ccccc2)[C@@H]2C=CS(=O)(=O)C2)c(OC)c1. The zero-order valence-electron chi connectivity index (χ0n) is 15.9. The number of methoxy groups -OCH3 is 2.